The number of nitrogens with one attached hydrogen (secondary N) is 1. The largest absolute Gasteiger partial charge is 0.298 e. The highest BCUT2D eigenvalue weighted by molar-refractivity contribution is 4.92. The van der Waals surface area contributed by atoms with Crippen LogP contribution in [0.2, 0.25) is 0 Å². The van der Waals surface area contributed by atoms with Gasteiger partial charge >= 0.3 is 0 Å². The Morgan fingerprint density at radius 3 is 2.60 bits per heavy atom. The molecule has 0 bridgehead atoms. The summed E-state index contributed by atoms with van der Waals surface area (Å²) in [5.41, 5.74) is 0.248. The third kappa shape index (κ3) is 1.06. The molecular formula is C8H15N2. The van der Waals surface area contributed by atoms with Crippen LogP contribution in [0.4, 0.5) is 0 Å². The van der Waals surface area contributed by atoms with E-state index in [9.17, 15) is 0 Å². The molecule has 0 aromatic carbocycles. The minimum atomic E-state index is 0.248. The minimum Gasteiger partial charge on any atom is -0.298 e. The van der Waals surface area contributed by atoms with Gasteiger partial charge in [0.2, 0.25) is 0 Å². The lowest BCUT2D eigenvalue weighted by Crippen LogP contribution is -2.50. The molecule has 1 N–H and O–H groups in total. The molecule has 10 heavy (non-hydrogen) atoms. The Labute approximate surface area is 62.4 Å². The van der Waals surface area contributed by atoms with Gasteiger partial charge in [0.25, 0.3) is 0 Å². The van der Waals surface area contributed by atoms with Gasteiger partial charge in [0.05, 0.1) is 5.66 Å². The predicted molar refractivity (Wildman–Crippen MR) is 40.8 cm³/mol. The molecule has 2 rings (SSSR count). The van der Waals surface area contributed by atoms with Crippen molar-refractivity contribution in [1.82, 2.24) is 10.6 Å². The molecule has 0 amide bonds. The van der Waals surface area contributed by atoms with E-state index in [0.29, 0.717) is 0 Å². The second-order valence-corrected chi connectivity index (χ2v) is 3.40. The molecule has 1 unspecified atom stereocenters. The Morgan fingerprint density at radius 2 is 2.00 bits per heavy atom. The summed E-state index contributed by atoms with van der Waals surface area (Å²) < 4.78 is 0. The van der Waals surface area contributed by atoms with Gasteiger partial charge in [-0.1, -0.05) is 0 Å². The Morgan fingerprint density at radius 1 is 1.10 bits per heavy atom. The highest BCUT2D eigenvalue weighted by Gasteiger charge is 2.34. The summed E-state index contributed by atoms with van der Waals surface area (Å²) in [6.45, 7) is 2.27. The van der Waals surface area contributed by atoms with Gasteiger partial charge in [0.15, 0.2) is 0 Å². The van der Waals surface area contributed by atoms with E-state index in [1.807, 2.05) is 0 Å². The smallest absolute Gasteiger partial charge is 0.0849 e. The van der Waals surface area contributed by atoms with Gasteiger partial charge in [-0.25, -0.2) is 5.32 Å². The van der Waals surface area contributed by atoms with Crippen molar-refractivity contribution in [3.8, 4) is 0 Å². The number of nitrogens with zero attached hydrogens (tertiary/aromatic N) is 1. The van der Waals surface area contributed by atoms with Crippen LogP contribution in [-0.4, -0.2) is 18.8 Å². The van der Waals surface area contributed by atoms with Gasteiger partial charge in [-0.3, -0.25) is 5.32 Å². The molecule has 0 aromatic rings. The maximum atomic E-state index is 4.65. The van der Waals surface area contributed by atoms with Crippen LogP contribution >= 0.6 is 0 Å². The van der Waals surface area contributed by atoms with Gasteiger partial charge in [-0.05, 0) is 38.6 Å². The fraction of sp³-hybridized carbons (Fsp3) is 1.00. The van der Waals surface area contributed by atoms with Gasteiger partial charge < -0.3 is 0 Å². The minimum absolute atomic E-state index is 0.248. The molecule has 0 saturated carbocycles. The Balaban J connectivity index is 1.98. The highest BCUT2D eigenvalue weighted by Crippen LogP contribution is 2.26. The lowest BCUT2D eigenvalue weighted by atomic mass is 9.96. The summed E-state index contributed by atoms with van der Waals surface area (Å²) >= 11 is 0. The van der Waals surface area contributed by atoms with Crippen molar-refractivity contribution in [2.45, 2.75) is 37.8 Å². The monoisotopic (exact) mass is 139 g/mol. The third-order valence-corrected chi connectivity index (χ3v) is 2.63. The van der Waals surface area contributed by atoms with E-state index in [1.54, 1.807) is 0 Å². The zero-order valence-corrected chi connectivity index (χ0v) is 6.40. The summed E-state index contributed by atoms with van der Waals surface area (Å²) in [7, 11) is 0. The fourth-order valence-corrected chi connectivity index (χ4v) is 2.04. The molecule has 2 fully saturated rings. The zero-order valence-electron chi connectivity index (χ0n) is 6.40. The Kier molecular flexibility index (Phi) is 1.66. The molecule has 2 aliphatic rings. The number of rotatable bonds is 0. The van der Waals surface area contributed by atoms with Crippen LogP contribution in [-0.2, 0) is 0 Å². The van der Waals surface area contributed by atoms with Crippen LogP contribution in [0.1, 0.15) is 32.1 Å². The van der Waals surface area contributed by atoms with Crippen molar-refractivity contribution < 1.29 is 0 Å². The van der Waals surface area contributed by atoms with Crippen molar-refractivity contribution in [2.24, 2.45) is 0 Å². The average molecular weight is 139 g/mol. The molecule has 2 heterocycles. The van der Waals surface area contributed by atoms with E-state index in [1.165, 1.54) is 38.6 Å². The second kappa shape index (κ2) is 2.51. The predicted octanol–water partition coefficient (Wildman–Crippen LogP) is 0.854. The Hall–Kier alpha value is -0.0800. The average Bonchev–Trinajstić information content (AvgIpc) is 2.39. The summed E-state index contributed by atoms with van der Waals surface area (Å²) in [4.78, 5) is 0. The van der Waals surface area contributed by atoms with Crippen LogP contribution in [0, 0.1) is 0 Å². The first-order valence-corrected chi connectivity index (χ1v) is 4.35. The maximum absolute atomic E-state index is 4.65. The van der Waals surface area contributed by atoms with Crippen molar-refractivity contribution in [2.75, 3.05) is 13.1 Å². The SMILES string of the molecule is C1CCC2(CCCN2)[N]C1. The molecule has 2 heteroatoms. The maximum Gasteiger partial charge on any atom is 0.0849 e. The van der Waals surface area contributed by atoms with Gasteiger partial charge in [-0.2, -0.15) is 0 Å². The quantitative estimate of drug-likeness (QED) is 0.529. The van der Waals surface area contributed by atoms with E-state index >= 15 is 0 Å². The van der Waals surface area contributed by atoms with E-state index in [2.05, 4.69) is 10.6 Å². The first kappa shape index (κ1) is 6.62. The molecule has 2 nitrogen and oxygen atoms in total. The summed E-state index contributed by atoms with van der Waals surface area (Å²) in [5.74, 6) is 0. The first-order valence-electron chi connectivity index (χ1n) is 4.35. The molecular weight excluding hydrogens is 124 g/mol. The number of hydrogen-bond acceptors (Lipinski definition) is 1. The highest BCUT2D eigenvalue weighted by atomic mass is 15.2. The fourth-order valence-electron chi connectivity index (χ4n) is 2.04. The number of piperidine rings is 1. The van der Waals surface area contributed by atoms with Gasteiger partial charge in [0, 0.05) is 6.54 Å². The van der Waals surface area contributed by atoms with Crippen LogP contribution in [0.25, 0.3) is 0 Å². The molecule has 57 valence electrons. The third-order valence-electron chi connectivity index (χ3n) is 2.63. The lowest BCUT2D eigenvalue weighted by Gasteiger charge is -2.32. The number of hydrogen-bond donors (Lipinski definition) is 1. The molecule has 2 saturated heterocycles. The first-order chi connectivity index (χ1) is 4.91. The summed E-state index contributed by atoms with van der Waals surface area (Å²) in [5, 5.41) is 8.15. The van der Waals surface area contributed by atoms with Crippen molar-refractivity contribution in [3.63, 3.8) is 0 Å². The van der Waals surface area contributed by atoms with Crippen LogP contribution in [0.3, 0.4) is 0 Å². The van der Waals surface area contributed by atoms with Crippen LogP contribution < -0.4 is 10.6 Å². The summed E-state index contributed by atoms with van der Waals surface area (Å²) in [6, 6.07) is 0. The van der Waals surface area contributed by atoms with Crippen LogP contribution in [0.15, 0.2) is 0 Å². The zero-order chi connectivity index (χ0) is 6.86. The molecule has 0 aliphatic carbocycles. The molecule has 1 atom stereocenters. The van der Waals surface area contributed by atoms with E-state index in [0.717, 1.165) is 6.54 Å². The van der Waals surface area contributed by atoms with E-state index in [4.69, 9.17) is 0 Å². The molecule has 1 spiro atoms. The van der Waals surface area contributed by atoms with E-state index in [-0.39, 0.29) is 5.66 Å². The van der Waals surface area contributed by atoms with Gasteiger partial charge in [0.1, 0.15) is 0 Å². The molecule has 1 radical (unpaired) electrons. The molecule has 0 aromatic heterocycles. The topological polar surface area (TPSA) is 26.1 Å². The molecule has 2 aliphatic heterocycles. The summed E-state index contributed by atoms with van der Waals surface area (Å²) in [6.07, 6.45) is 6.57. The van der Waals surface area contributed by atoms with Crippen molar-refractivity contribution in [3.05, 3.63) is 0 Å². The normalized spacial score (nSPS) is 40.8. The van der Waals surface area contributed by atoms with Crippen molar-refractivity contribution in [1.29, 1.82) is 0 Å². The standard InChI is InChI=1S/C8H15N2/c1-2-6-9-8(4-1)5-3-7-10-8/h10H,1-7H2. The van der Waals surface area contributed by atoms with Crippen molar-refractivity contribution >= 4 is 0 Å². The Bertz CT molecular complexity index is 108. The van der Waals surface area contributed by atoms with Crippen LogP contribution in [0.5, 0.6) is 0 Å². The second-order valence-electron chi connectivity index (χ2n) is 3.40. The lowest BCUT2D eigenvalue weighted by molar-refractivity contribution is 0.224. The van der Waals surface area contributed by atoms with Gasteiger partial charge in [-0.15, -0.1) is 0 Å². The van der Waals surface area contributed by atoms with E-state index < -0.39 is 0 Å².